The van der Waals surface area contributed by atoms with Crippen LogP contribution in [-0.4, -0.2) is 30.3 Å². The lowest BCUT2D eigenvalue weighted by atomic mass is 9.82. The maximum absolute atomic E-state index is 11.4. The third kappa shape index (κ3) is 2.49. The van der Waals surface area contributed by atoms with Gasteiger partial charge in [0.2, 0.25) is 0 Å². The van der Waals surface area contributed by atoms with E-state index in [9.17, 15) is 4.79 Å². The summed E-state index contributed by atoms with van der Waals surface area (Å²) in [4.78, 5) is 11.4. The number of ether oxygens (including phenoxy) is 2. The minimum atomic E-state index is -0.605. The molecule has 2 unspecified atom stereocenters. The number of nitrogens with two attached hydrogens (primary N) is 1. The Morgan fingerprint density at radius 1 is 1.47 bits per heavy atom. The zero-order valence-electron chi connectivity index (χ0n) is 10.2. The molecule has 1 saturated heterocycles. The number of hydrogen-bond acceptors (Lipinski definition) is 4. The lowest BCUT2D eigenvalue weighted by Crippen LogP contribution is -2.46. The second kappa shape index (κ2) is 3.76. The van der Waals surface area contributed by atoms with Crippen molar-refractivity contribution in [1.29, 1.82) is 0 Å². The third-order valence-electron chi connectivity index (χ3n) is 3.05. The van der Waals surface area contributed by atoms with Crippen LogP contribution >= 0.6 is 0 Å². The van der Waals surface area contributed by atoms with Gasteiger partial charge in [-0.25, -0.2) is 0 Å². The molecule has 1 fully saturated rings. The van der Waals surface area contributed by atoms with Gasteiger partial charge in [0, 0.05) is 5.92 Å². The molecule has 0 aromatic carbocycles. The highest BCUT2D eigenvalue weighted by Gasteiger charge is 2.50. The van der Waals surface area contributed by atoms with Crippen molar-refractivity contribution in [2.45, 2.75) is 51.4 Å². The lowest BCUT2D eigenvalue weighted by molar-refractivity contribution is -0.145. The smallest absolute Gasteiger partial charge is 0.323 e. The van der Waals surface area contributed by atoms with E-state index in [0.29, 0.717) is 0 Å². The Balaban J connectivity index is 2.82. The van der Waals surface area contributed by atoms with E-state index < -0.39 is 6.04 Å². The Labute approximate surface area is 91.1 Å². The van der Waals surface area contributed by atoms with E-state index in [0.717, 1.165) is 6.42 Å². The lowest BCUT2D eigenvalue weighted by Gasteiger charge is -2.29. The van der Waals surface area contributed by atoms with Crippen LogP contribution in [0.15, 0.2) is 0 Å². The number of esters is 1. The summed E-state index contributed by atoms with van der Waals surface area (Å²) >= 11 is 0. The van der Waals surface area contributed by atoms with Gasteiger partial charge in [-0.3, -0.25) is 4.79 Å². The zero-order chi connectivity index (χ0) is 11.9. The highest BCUT2D eigenvalue weighted by Crippen LogP contribution is 2.43. The summed E-state index contributed by atoms with van der Waals surface area (Å²) in [6.45, 7) is 7.96. The fourth-order valence-electron chi connectivity index (χ4n) is 2.46. The second-order valence-corrected chi connectivity index (χ2v) is 5.32. The Bertz CT molecular complexity index is 261. The summed E-state index contributed by atoms with van der Waals surface area (Å²) in [5.41, 5.74) is 5.27. The predicted molar refractivity (Wildman–Crippen MR) is 57.3 cm³/mol. The first-order valence-corrected chi connectivity index (χ1v) is 5.23. The van der Waals surface area contributed by atoms with Crippen molar-refractivity contribution in [1.82, 2.24) is 0 Å². The molecule has 1 heterocycles. The zero-order valence-corrected chi connectivity index (χ0v) is 10.2. The van der Waals surface area contributed by atoms with Crippen LogP contribution in [0.2, 0.25) is 0 Å². The largest absolute Gasteiger partial charge is 0.468 e. The van der Waals surface area contributed by atoms with Crippen molar-refractivity contribution in [3.8, 4) is 0 Å². The predicted octanol–water partition coefficient (Wildman–Crippen LogP) is 1.08. The molecular weight excluding hydrogens is 194 g/mol. The van der Waals surface area contributed by atoms with Gasteiger partial charge in [0.15, 0.2) is 0 Å². The van der Waals surface area contributed by atoms with Gasteiger partial charge >= 0.3 is 5.97 Å². The van der Waals surface area contributed by atoms with Crippen molar-refractivity contribution in [2.75, 3.05) is 7.11 Å². The monoisotopic (exact) mass is 215 g/mol. The summed E-state index contributed by atoms with van der Waals surface area (Å²) in [6.07, 6.45) is 0.774. The average molecular weight is 215 g/mol. The molecule has 2 N–H and O–H groups in total. The molecule has 1 rings (SSSR count). The van der Waals surface area contributed by atoms with Crippen molar-refractivity contribution < 1.29 is 14.3 Å². The number of carbonyl (C=O) groups excluding carboxylic acids is 1. The fraction of sp³-hybridized carbons (Fsp3) is 0.909. The van der Waals surface area contributed by atoms with E-state index in [1.165, 1.54) is 7.11 Å². The first-order chi connectivity index (χ1) is 6.69. The minimum absolute atomic E-state index is 0.0000463. The number of hydrogen-bond donors (Lipinski definition) is 1. The molecule has 0 aliphatic carbocycles. The van der Waals surface area contributed by atoms with Gasteiger partial charge in [0.05, 0.1) is 18.3 Å². The summed E-state index contributed by atoms with van der Waals surface area (Å²) in [5.74, 6) is -0.366. The molecule has 4 nitrogen and oxygen atoms in total. The van der Waals surface area contributed by atoms with Gasteiger partial charge < -0.3 is 15.2 Å². The Morgan fingerprint density at radius 2 is 2.00 bits per heavy atom. The maximum atomic E-state index is 11.4. The van der Waals surface area contributed by atoms with Crippen LogP contribution in [0.1, 0.15) is 34.1 Å². The van der Waals surface area contributed by atoms with Crippen LogP contribution < -0.4 is 5.73 Å². The summed E-state index contributed by atoms with van der Waals surface area (Å²) in [6, 6.07) is -0.605. The van der Waals surface area contributed by atoms with Crippen LogP contribution in [-0.2, 0) is 14.3 Å². The van der Waals surface area contributed by atoms with E-state index >= 15 is 0 Å². The highest BCUT2D eigenvalue weighted by molar-refractivity contribution is 5.76. The van der Waals surface area contributed by atoms with Gasteiger partial charge in [0.25, 0.3) is 0 Å². The standard InChI is InChI=1S/C11H21NO3/c1-10(2)6-7(11(3,4)15-10)8(12)9(13)14-5/h7-8H,6,12H2,1-5H3. The second-order valence-electron chi connectivity index (χ2n) is 5.32. The van der Waals surface area contributed by atoms with Crippen LogP contribution in [0, 0.1) is 5.92 Å². The molecule has 0 amide bonds. The summed E-state index contributed by atoms with van der Waals surface area (Å²) in [7, 11) is 1.36. The first-order valence-electron chi connectivity index (χ1n) is 5.23. The van der Waals surface area contributed by atoms with Crippen LogP contribution in [0.4, 0.5) is 0 Å². The molecule has 1 aliphatic rings. The molecule has 15 heavy (non-hydrogen) atoms. The Morgan fingerprint density at radius 3 is 2.33 bits per heavy atom. The minimum Gasteiger partial charge on any atom is -0.468 e. The van der Waals surface area contributed by atoms with Crippen molar-refractivity contribution in [2.24, 2.45) is 11.7 Å². The van der Waals surface area contributed by atoms with Gasteiger partial charge in [-0.2, -0.15) is 0 Å². The van der Waals surface area contributed by atoms with Gasteiger partial charge in [-0.15, -0.1) is 0 Å². The molecule has 4 heteroatoms. The number of methoxy groups -OCH3 is 1. The topological polar surface area (TPSA) is 61.5 Å². The first kappa shape index (κ1) is 12.5. The van der Waals surface area contributed by atoms with Crippen molar-refractivity contribution in [3.63, 3.8) is 0 Å². The maximum Gasteiger partial charge on any atom is 0.323 e. The third-order valence-corrected chi connectivity index (χ3v) is 3.05. The summed E-state index contributed by atoms with van der Waals surface area (Å²) in [5, 5.41) is 0. The van der Waals surface area contributed by atoms with E-state index in [1.807, 2.05) is 27.7 Å². The van der Waals surface area contributed by atoms with E-state index in [-0.39, 0.29) is 23.1 Å². The van der Waals surface area contributed by atoms with Gasteiger partial charge in [-0.1, -0.05) is 0 Å². The number of rotatable bonds is 2. The molecule has 0 saturated carbocycles. The fourth-order valence-corrected chi connectivity index (χ4v) is 2.46. The van der Waals surface area contributed by atoms with Crippen LogP contribution in [0.5, 0.6) is 0 Å². The molecule has 0 aromatic heterocycles. The molecule has 2 atom stereocenters. The molecule has 0 aromatic rings. The molecule has 1 aliphatic heterocycles. The molecule has 0 bridgehead atoms. The molecule has 0 radical (unpaired) electrons. The van der Waals surface area contributed by atoms with Crippen molar-refractivity contribution >= 4 is 5.97 Å². The number of carbonyl (C=O) groups is 1. The molecular formula is C11H21NO3. The SMILES string of the molecule is COC(=O)C(N)C1CC(C)(C)OC1(C)C. The van der Waals surface area contributed by atoms with Gasteiger partial charge in [0.1, 0.15) is 6.04 Å². The van der Waals surface area contributed by atoms with Crippen LogP contribution in [0.3, 0.4) is 0 Å². The highest BCUT2D eigenvalue weighted by atomic mass is 16.5. The van der Waals surface area contributed by atoms with E-state index in [4.69, 9.17) is 10.5 Å². The van der Waals surface area contributed by atoms with Crippen LogP contribution in [0.25, 0.3) is 0 Å². The quantitative estimate of drug-likeness (QED) is 0.700. The average Bonchev–Trinajstić information content (AvgIpc) is 2.31. The van der Waals surface area contributed by atoms with E-state index in [1.54, 1.807) is 0 Å². The molecule has 0 spiro atoms. The van der Waals surface area contributed by atoms with Gasteiger partial charge in [-0.05, 0) is 34.1 Å². The van der Waals surface area contributed by atoms with E-state index in [2.05, 4.69) is 4.74 Å². The summed E-state index contributed by atoms with van der Waals surface area (Å²) < 4.78 is 10.5. The van der Waals surface area contributed by atoms with Crippen molar-refractivity contribution in [3.05, 3.63) is 0 Å². The normalized spacial score (nSPS) is 29.9. The Kier molecular flexibility index (Phi) is 3.12. The molecule has 88 valence electrons. The Hall–Kier alpha value is -0.610.